The number of para-hydroxylation sites is 1. The minimum absolute atomic E-state index is 0.0888. The number of benzene rings is 2. The molecule has 3 aromatic rings. The quantitative estimate of drug-likeness (QED) is 0.446. The number of imidazole rings is 1. The standard InChI is InChI=1S/C20H18BrN3O2.HNO3/c1-14-20(24-11-10-22-13-24)19(17-4-2-3-5-18(17)26-14)23-25-12-15-6-8-16(21)9-7-15;2-1(3)4/h2-11,13-14,20H,12H2,1H3;(H,2,3,4)/b23-19-;. The van der Waals surface area contributed by atoms with Crippen molar-refractivity contribution >= 4 is 21.6 Å². The van der Waals surface area contributed by atoms with Crippen LogP contribution in [0.5, 0.6) is 5.75 Å². The molecule has 156 valence electrons. The summed E-state index contributed by atoms with van der Waals surface area (Å²) in [6.45, 7) is 2.44. The summed E-state index contributed by atoms with van der Waals surface area (Å²) in [5, 5.41) is 18.1. The summed E-state index contributed by atoms with van der Waals surface area (Å²) >= 11 is 3.44. The van der Waals surface area contributed by atoms with Crippen molar-refractivity contribution in [3.63, 3.8) is 0 Å². The second-order valence-electron chi connectivity index (χ2n) is 6.39. The second-order valence-corrected chi connectivity index (χ2v) is 7.30. The Morgan fingerprint density at radius 3 is 2.67 bits per heavy atom. The molecule has 0 bridgehead atoms. The minimum Gasteiger partial charge on any atom is -0.487 e. The Labute approximate surface area is 180 Å². The van der Waals surface area contributed by atoms with Crippen molar-refractivity contribution in [2.45, 2.75) is 25.7 Å². The van der Waals surface area contributed by atoms with Crippen molar-refractivity contribution in [3.8, 4) is 5.75 Å². The fraction of sp³-hybridized carbons (Fsp3) is 0.200. The van der Waals surface area contributed by atoms with Crippen LogP contribution in [0.1, 0.15) is 24.1 Å². The van der Waals surface area contributed by atoms with E-state index in [0.29, 0.717) is 6.61 Å². The van der Waals surface area contributed by atoms with Crippen LogP contribution in [0, 0.1) is 10.1 Å². The third-order valence-electron chi connectivity index (χ3n) is 4.35. The van der Waals surface area contributed by atoms with Gasteiger partial charge in [-0.3, -0.25) is 0 Å². The fourth-order valence-corrected chi connectivity index (χ4v) is 3.37. The lowest BCUT2D eigenvalue weighted by Crippen LogP contribution is -2.37. The van der Waals surface area contributed by atoms with Gasteiger partial charge in [-0.15, -0.1) is 10.1 Å². The normalized spacial score (nSPS) is 18.5. The van der Waals surface area contributed by atoms with Crippen molar-refractivity contribution in [3.05, 3.63) is 93.0 Å². The first-order valence-electron chi connectivity index (χ1n) is 8.96. The van der Waals surface area contributed by atoms with E-state index < -0.39 is 5.09 Å². The van der Waals surface area contributed by atoms with Gasteiger partial charge in [0.15, 0.2) is 0 Å². The van der Waals surface area contributed by atoms with Gasteiger partial charge in [-0.05, 0) is 36.8 Å². The van der Waals surface area contributed by atoms with Gasteiger partial charge in [0.1, 0.15) is 30.2 Å². The first-order chi connectivity index (χ1) is 14.5. The number of fused-ring (bicyclic) bond motifs is 1. The van der Waals surface area contributed by atoms with E-state index in [-0.39, 0.29) is 12.1 Å². The van der Waals surface area contributed by atoms with Gasteiger partial charge in [0.05, 0.1) is 6.33 Å². The van der Waals surface area contributed by atoms with Gasteiger partial charge in [0.2, 0.25) is 0 Å². The van der Waals surface area contributed by atoms with E-state index in [1.807, 2.05) is 66.2 Å². The third kappa shape index (κ3) is 5.35. The summed E-state index contributed by atoms with van der Waals surface area (Å²) in [4.78, 5) is 18.2. The average Bonchev–Trinajstić information content (AvgIpc) is 3.23. The summed E-state index contributed by atoms with van der Waals surface area (Å²) in [5.74, 6) is 0.822. The summed E-state index contributed by atoms with van der Waals surface area (Å²) in [5.41, 5.74) is 2.85. The van der Waals surface area contributed by atoms with Crippen LogP contribution >= 0.6 is 15.9 Å². The van der Waals surface area contributed by atoms with Crippen LogP contribution in [0.15, 0.2) is 76.9 Å². The van der Waals surface area contributed by atoms with Crippen molar-refractivity contribution in [2.75, 3.05) is 0 Å². The molecule has 0 fully saturated rings. The lowest BCUT2D eigenvalue weighted by Gasteiger charge is -2.33. The minimum atomic E-state index is -1.50. The lowest BCUT2D eigenvalue weighted by atomic mass is 9.95. The van der Waals surface area contributed by atoms with Gasteiger partial charge < -0.3 is 19.3 Å². The van der Waals surface area contributed by atoms with E-state index in [4.69, 9.17) is 24.9 Å². The Kier molecular flexibility index (Phi) is 7.02. The summed E-state index contributed by atoms with van der Waals surface area (Å²) in [6.07, 6.45) is 5.37. The molecule has 1 N–H and O–H groups in total. The number of oxime groups is 1. The SMILES string of the molecule is CC1Oc2ccccc2/C(=N/OCc2ccc(Br)cc2)C1n1ccnc1.O=[N+]([O-])O. The van der Waals surface area contributed by atoms with Gasteiger partial charge in [-0.2, -0.15) is 0 Å². The highest BCUT2D eigenvalue weighted by Gasteiger charge is 2.34. The molecule has 9 nitrogen and oxygen atoms in total. The van der Waals surface area contributed by atoms with Crippen molar-refractivity contribution in [1.29, 1.82) is 0 Å². The van der Waals surface area contributed by atoms with Crippen LogP contribution in [0.3, 0.4) is 0 Å². The molecule has 0 spiro atoms. The van der Waals surface area contributed by atoms with Crippen molar-refractivity contribution in [2.24, 2.45) is 5.16 Å². The van der Waals surface area contributed by atoms with E-state index in [2.05, 4.69) is 26.1 Å². The maximum atomic E-state index is 8.36. The first-order valence-corrected chi connectivity index (χ1v) is 9.76. The predicted molar refractivity (Wildman–Crippen MR) is 112 cm³/mol. The fourth-order valence-electron chi connectivity index (χ4n) is 3.11. The molecule has 1 aliphatic heterocycles. The van der Waals surface area contributed by atoms with E-state index >= 15 is 0 Å². The Morgan fingerprint density at radius 1 is 1.30 bits per heavy atom. The van der Waals surface area contributed by atoms with Gasteiger partial charge in [-0.25, -0.2) is 4.98 Å². The molecular weight excluding hydrogens is 456 g/mol. The molecule has 1 aromatic heterocycles. The largest absolute Gasteiger partial charge is 0.487 e. The molecule has 2 aromatic carbocycles. The molecule has 4 rings (SSSR count). The number of aromatic nitrogens is 2. The summed E-state index contributed by atoms with van der Waals surface area (Å²) in [7, 11) is 0. The van der Waals surface area contributed by atoms with Crippen LogP contribution in [-0.2, 0) is 11.4 Å². The molecule has 30 heavy (non-hydrogen) atoms. The molecule has 2 atom stereocenters. The van der Waals surface area contributed by atoms with Gasteiger partial charge in [0, 0.05) is 22.4 Å². The predicted octanol–water partition coefficient (Wildman–Crippen LogP) is 4.24. The van der Waals surface area contributed by atoms with Gasteiger partial charge in [-0.1, -0.05) is 45.4 Å². The molecular formula is C20H19BrN4O5. The van der Waals surface area contributed by atoms with E-state index in [1.54, 1.807) is 12.5 Å². The van der Waals surface area contributed by atoms with Gasteiger partial charge in [0.25, 0.3) is 5.09 Å². The Morgan fingerprint density at radius 2 is 2.00 bits per heavy atom. The Bertz CT molecular complexity index is 1000. The highest BCUT2D eigenvalue weighted by atomic mass is 79.9. The number of halogens is 1. The Hall–Kier alpha value is -3.40. The van der Waals surface area contributed by atoms with Gasteiger partial charge >= 0.3 is 0 Å². The number of rotatable bonds is 4. The first kappa shape index (κ1) is 21.3. The molecule has 0 radical (unpaired) electrons. The average molecular weight is 475 g/mol. The Balaban J connectivity index is 0.000000589. The van der Waals surface area contributed by atoms with E-state index in [9.17, 15) is 0 Å². The molecule has 0 saturated carbocycles. The van der Waals surface area contributed by atoms with Crippen LogP contribution in [0.4, 0.5) is 0 Å². The number of hydrogen-bond acceptors (Lipinski definition) is 6. The maximum Gasteiger partial charge on any atom is 0.291 e. The lowest BCUT2D eigenvalue weighted by molar-refractivity contribution is -0.742. The molecule has 1 aliphatic rings. The molecule has 10 heteroatoms. The zero-order valence-electron chi connectivity index (χ0n) is 16.0. The molecule has 0 aliphatic carbocycles. The maximum absolute atomic E-state index is 8.36. The van der Waals surface area contributed by atoms with Crippen LogP contribution in [0.2, 0.25) is 0 Å². The topological polar surface area (TPSA) is 112 Å². The second kappa shape index (κ2) is 9.88. The van der Waals surface area contributed by atoms with E-state index in [0.717, 1.165) is 27.1 Å². The highest BCUT2D eigenvalue weighted by Crippen LogP contribution is 2.34. The summed E-state index contributed by atoms with van der Waals surface area (Å²) in [6, 6.07) is 15.8. The highest BCUT2D eigenvalue weighted by molar-refractivity contribution is 9.10. The third-order valence-corrected chi connectivity index (χ3v) is 4.88. The molecule has 0 saturated heterocycles. The smallest absolute Gasteiger partial charge is 0.291 e. The van der Waals surface area contributed by atoms with Crippen molar-refractivity contribution < 1.29 is 19.9 Å². The van der Waals surface area contributed by atoms with Crippen LogP contribution < -0.4 is 4.74 Å². The zero-order valence-corrected chi connectivity index (χ0v) is 17.5. The zero-order chi connectivity index (χ0) is 21.5. The molecule has 2 heterocycles. The van der Waals surface area contributed by atoms with Crippen LogP contribution in [0.25, 0.3) is 0 Å². The number of nitrogens with zero attached hydrogens (tertiary/aromatic N) is 4. The molecule has 2 unspecified atom stereocenters. The van der Waals surface area contributed by atoms with Crippen molar-refractivity contribution in [1.82, 2.24) is 9.55 Å². The van der Waals surface area contributed by atoms with Crippen LogP contribution in [-0.4, -0.2) is 31.7 Å². The number of ether oxygens (including phenoxy) is 1. The number of hydrogen-bond donors (Lipinski definition) is 1. The summed E-state index contributed by atoms with van der Waals surface area (Å²) < 4.78 is 9.13. The van der Waals surface area contributed by atoms with E-state index in [1.165, 1.54) is 0 Å². The monoisotopic (exact) mass is 474 g/mol. The molecule has 0 amide bonds.